The molecule has 0 fully saturated rings. The second kappa shape index (κ2) is 14.5. The van der Waals surface area contributed by atoms with Gasteiger partial charge >= 0.3 is 0 Å². The van der Waals surface area contributed by atoms with Gasteiger partial charge in [-0.2, -0.15) is 0 Å². The number of benzene rings is 10. The number of hydrogen-bond donors (Lipinski definition) is 0. The molecule has 0 N–H and O–H groups in total. The van der Waals surface area contributed by atoms with Gasteiger partial charge in [-0.15, -0.1) is 0 Å². The lowest BCUT2D eigenvalue weighted by atomic mass is 9.67. The van der Waals surface area contributed by atoms with Crippen LogP contribution in [-0.2, 0) is 5.41 Å². The molecule has 292 valence electrons. The van der Waals surface area contributed by atoms with E-state index in [2.05, 4.69) is 246 Å². The van der Waals surface area contributed by atoms with Gasteiger partial charge in [0.05, 0.1) is 16.8 Å². The zero-order valence-corrected chi connectivity index (χ0v) is 33.9. The second-order valence-electron chi connectivity index (χ2n) is 16.0. The number of fused-ring (bicyclic) bond motifs is 8. The van der Waals surface area contributed by atoms with Gasteiger partial charge in [0, 0.05) is 38.9 Å². The van der Waals surface area contributed by atoms with Crippen LogP contribution in [0, 0.1) is 0 Å². The summed E-state index contributed by atoms with van der Waals surface area (Å²) in [7, 11) is 0. The summed E-state index contributed by atoms with van der Waals surface area (Å²) in [4.78, 5) is 4.79. The molecular weight excluding hydrogens is 753 g/mol. The van der Waals surface area contributed by atoms with E-state index in [0.717, 1.165) is 56.1 Å². The highest BCUT2D eigenvalue weighted by atomic mass is 16.3. The first-order chi connectivity index (χ1) is 30.8. The molecule has 11 aromatic rings. The highest BCUT2D eigenvalue weighted by molar-refractivity contribution is 6.12. The summed E-state index contributed by atoms with van der Waals surface area (Å²) < 4.78 is 6.74. The molecule has 12 rings (SSSR count). The molecule has 1 heterocycles. The van der Waals surface area contributed by atoms with Gasteiger partial charge in [0.25, 0.3) is 0 Å². The topological polar surface area (TPSA) is 19.6 Å². The largest absolute Gasteiger partial charge is 0.454 e. The van der Waals surface area contributed by atoms with E-state index >= 15 is 0 Å². The minimum Gasteiger partial charge on any atom is -0.454 e. The third-order valence-electron chi connectivity index (χ3n) is 12.7. The Bertz CT molecular complexity index is 3320. The number of hydrogen-bond acceptors (Lipinski definition) is 3. The van der Waals surface area contributed by atoms with E-state index in [-0.39, 0.29) is 0 Å². The molecule has 62 heavy (non-hydrogen) atoms. The van der Waals surface area contributed by atoms with Crippen molar-refractivity contribution in [2.45, 2.75) is 5.41 Å². The molecule has 1 aromatic heterocycles. The lowest BCUT2D eigenvalue weighted by Gasteiger charge is -2.36. The van der Waals surface area contributed by atoms with E-state index in [1.54, 1.807) is 0 Å². The molecule has 0 saturated carbocycles. The normalized spacial score (nSPS) is 12.6. The summed E-state index contributed by atoms with van der Waals surface area (Å²) in [5.41, 5.74) is 14.8. The lowest BCUT2D eigenvalue weighted by molar-refractivity contribution is 0.669. The maximum atomic E-state index is 6.74. The summed E-state index contributed by atoms with van der Waals surface area (Å²) in [6.45, 7) is 0. The van der Waals surface area contributed by atoms with Crippen LogP contribution in [0.15, 0.2) is 247 Å². The molecule has 0 radical (unpaired) electrons. The fourth-order valence-corrected chi connectivity index (χ4v) is 10.1. The first-order valence-corrected chi connectivity index (χ1v) is 21.3. The monoisotopic (exact) mass is 792 g/mol. The summed E-state index contributed by atoms with van der Waals surface area (Å²) in [5, 5.41) is 4.60. The van der Waals surface area contributed by atoms with Crippen LogP contribution in [0.2, 0.25) is 0 Å². The number of rotatable bonds is 8. The van der Waals surface area contributed by atoms with Gasteiger partial charge in [0.15, 0.2) is 5.58 Å². The molecule has 0 bridgehead atoms. The van der Waals surface area contributed by atoms with Crippen molar-refractivity contribution in [3.63, 3.8) is 0 Å². The zero-order chi connectivity index (χ0) is 41.0. The summed E-state index contributed by atoms with van der Waals surface area (Å²) in [5.74, 6) is 0. The fourth-order valence-electron chi connectivity index (χ4n) is 10.1. The minimum atomic E-state index is -0.686. The molecule has 3 heteroatoms. The Kier molecular flexibility index (Phi) is 8.39. The molecule has 0 amide bonds. The average Bonchev–Trinajstić information content (AvgIpc) is 3.88. The van der Waals surface area contributed by atoms with Crippen molar-refractivity contribution in [3.05, 3.63) is 265 Å². The van der Waals surface area contributed by atoms with Crippen molar-refractivity contribution in [2.24, 2.45) is 0 Å². The minimum absolute atomic E-state index is 0.686. The van der Waals surface area contributed by atoms with Crippen molar-refractivity contribution in [1.29, 1.82) is 0 Å². The molecular formula is C59H40N2O. The standard InChI is InChI=1S/C59H40N2O/c1-6-21-41(22-7-1)59(42-23-8-2-9-24-42)52-39-46(61(45-29-14-5-15-30-45)54-35-20-34-50-48-32-18-19-36-56(48)62-58(50)54)37-38-51(52)57-49-33-17-16-31-47(49)55(40-53(57)59)60(43-25-10-3-11-26-43)44-27-12-4-13-28-44/h1-40H. The molecule has 3 nitrogen and oxygen atoms in total. The zero-order valence-electron chi connectivity index (χ0n) is 33.9. The smallest absolute Gasteiger partial charge is 0.159 e. The number of nitrogens with zero attached hydrogens (tertiary/aromatic N) is 2. The van der Waals surface area contributed by atoms with Gasteiger partial charge in [0.1, 0.15) is 5.58 Å². The molecule has 0 aliphatic heterocycles. The van der Waals surface area contributed by atoms with Crippen LogP contribution in [0.25, 0.3) is 43.8 Å². The van der Waals surface area contributed by atoms with Gasteiger partial charge < -0.3 is 14.2 Å². The van der Waals surface area contributed by atoms with Gasteiger partial charge in [-0.05, 0) is 105 Å². The fraction of sp³-hybridized carbons (Fsp3) is 0.0169. The quantitative estimate of drug-likeness (QED) is 0.153. The SMILES string of the molecule is c1ccc(N(c2ccccc2)c2cc3c(c4ccccc24)-c2ccc(N(c4ccccc4)c4cccc5c4oc4ccccc45)cc2C3(c2ccccc2)c2ccccc2)cc1. The van der Waals surface area contributed by atoms with Gasteiger partial charge in [0.2, 0.25) is 0 Å². The first kappa shape index (κ1) is 35.8. The van der Waals surface area contributed by atoms with Crippen molar-refractivity contribution in [3.8, 4) is 11.1 Å². The van der Waals surface area contributed by atoms with Crippen LogP contribution >= 0.6 is 0 Å². The summed E-state index contributed by atoms with van der Waals surface area (Å²) in [6.07, 6.45) is 0. The Hall–Kier alpha value is -8.14. The van der Waals surface area contributed by atoms with Crippen LogP contribution in [0.4, 0.5) is 34.1 Å². The van der Waals surface area contributed by atoms with Gasteiger partial charge in [-0.1, -0.05) is 176 Å². The van der Waals surface area contributed by atoms with Crippen LogP contribution < -0.4 is 9.80 Å². The molecule has 0 saturated heterocycles. The van der Waals surface area contributed by atoms with Crippen LogP contribution in [0.3, 0.4) is 0 Å². The Morgan fingerprint density at radius 2 is 0.806 bits per heavy atom. The Balaban J connectivity index is 1.19. The van der Waals surface area contributed by atoms with Crippen LogP contribution in [0.1, 0.15) is 22.3 Å². The van der Waals surface area contributed by atoms with Gasteiger partial charge in [-0.25, -0.2) is 0 Å². The first-order valence-electron chi connectivity index (χ1n) is 21.3. The van der Waals surface area contributed by atoms with E-state index in [4.69, 9.17) is 4.42 Å². The summed E-state index contributed by atoms with van der Waals surface area (Å²) >= 11 is 0. The van der Waals surface area contributed by atoms with Crippen molar-refractivity contribution >= 4 is 66.8 Å². The van der Waals surface area contributed by atoms with Gasteiger partial charge in [-0.3, -0.25) is 0 Å². The van der Waals surface area contributed by atoms with Crippen molar-refractivity contribution in [2.75, 3.05) is 9.80 Å². The third kappa shape index (κ3) is 5.45. The van der Waals surface area contributed by atoms with Crippen LogP contribution in [0.5, 0.6) is 0 Å². The summed E-state index contributed by atoms with van der Waals surface area (Å²) in [6, 6.07) is 87.8. The number of para-hydroxylation sites is 5. The lowest BCUT2D eigenvalue weighted by Crippen LogP contribution is -2.29. The highest BCUT2D eigenvalue weighted by Crippen LogP contribution is 2.61. The Labute approximate surface area is 361 Å². The van der Waals surface area contributed by atoms with Crippen molar-refractivity contribution < 1.29 is 4.42 Å². The maximum absolute atomic E-state index is 6.74. The Morgan fingerprint density at radius 1 is 0.323 bits per heavy atom. The van der Waals surface area contributed by atoms with E-state index in [1.807, 2.05) is 6.07 Å². The molecule has 1 aliphatic rings. The van der Waals surface area contributed by atoms with E-state index in [9.17, 15) is 0 Å². The molecule has 0 unspecified atom stereocenters. The van der Waals surface area contributed by atoms with Crippen LogP contribution in [-0.4, -0.2) is 0 Å². The number of anilines is 6. The molecule has 10 aromatic carbocycles. The Morgan fingerprint density at radius 3 is 1.40 bits per heavy atom. The van der Waals surface area contributed by atoms with Crippen molar-refractivity contribution in [1.82, 2.24) is 0 Å². The third-order valence-corrected chi connectivity index (χ3v) is 12.7. The maximum Gasteiger partial charge on any atom is 0.159 e. The van der Waals surface area contributed by atoms with E-state index in [1.165, 1.54) is 44.2 Å². The predicted octanol–water partition coefficient (Wildman–Crippen LogP) is 16.0. The highest BCUT2D eigenvalue weighted by Gasteiger charge is 2.48. The predicted molar refractivity (Wildman–Crippen MR) is 258 cm³/mol. The molecule has 1 aliphatic carbocycles. The van der Waals surface area contributed by atoms with E-state index < -0.39 is 5.41 Å². The molecule has 0 atom stereocenters. The number of furan rings is 1. The molecule has 0 spiro atoms. The average molecular weight is 793 g/mol. The second-order valence-corrected chi connectivity index (χ2v) is 16.0. The van der Waals surface area contributed by atoms with E-state index in [0.29, 0.717) is 0 Å².